The maximum absolute atomic E-state index is 9.06. The van der Waals surface area contributed by atoms with Crippen LogP contribution in [0.2, 0.25) is 0 Å². The number of nitrogens with one attached hydrogen (secondary N) is 1. The van der Waals surface area contributed by atoms with Gasteiger partial charge in [0.25, 0.3) is 0 Å². The molecule has 1 N–H and O–H groups in total. The van der Waals surface area contributed by atoms with Crippen LogP contribution in [0.3, 0.4) is 0 Å². The number of amides is 1. The first-order valence-corrected chi connectivity index (χ1v) is 5.41. The Morgan fingerprint density at radius 3 is 1.87 bits per heavy atom. The molecule has 86 valence electrons. The minimum Gasteiger partial charge on any atom is -0.362 e. The maximum Gasteiger partial charge on any atom is 0.206 e. The van der Waals surface area contributed by atoms with Crippen LogP contribution in [-0.2, 0) is 11.2 Å². The van der Waals surface area contributed by atoms with Gasteiger partial charge in [-0.25, -0.2) is 0 Å². The molecule has 15 heavy (non-hydrogen) atoms. The molecule has 0 aliphatic rings. The van der Waals surface area contributed by atoms with Gasteiger partial charge in [-0.05, 0) is 18.9 Å². The Morgan fingerprint density at radius 2 is 1.60 bits per heavy atom. The van der Waals surface area contributed by atoms with Crippen molar-refractivity contribution in [2.24, 2.45) is 0 Å². The topological polar surface area (TPSA) is 29.1 Å². The van der Waals surface area contributed by atoms with Crippen molar-refractivity contribution in [1.82, 2.24) is 5.32 Å². The Bertz CT molecular complexity index is 229. The summed E-state index contributed by atoms with van der Waals surface area (Å²) < 4.78 is 0. The van der Waals surface area contributed by atoms with Crippen molar-refractivity contribution in [2.45, 2.75) is 34.1 Å². The van der Waals surface area contributed by atoms with Crippen LogP contribution in [0.5, 0.6) is 0 Å². The van der Waals surface area contributed by atoms with E-state index in [2.05, 4.69) is 43.4 Å². The fraction of sp³-hybridized carbons (Fsp3) is 0.462. The van der Waals surface area contributed by atoms with Crippen molar-refractivity contribution in [3.8, 4) is 0 Å². The number of carbonyl (C=O) groups excluding carboxylic acids is 1. The smallest absolute Gasteiger partial charge is 0.206 e. The van der Waals surface area contributed by atoms with Gasteiger partial charge in [0, 0.05) is 7.05 Å². The van der Waals surface area contributed by atoms with Gasteiger partial charge >= 0.3 is 0 Å². The second-order valence-corrected chi connectivity index (χ2v) is 2.75. The molecule has 0 fully saturated rings. The molecular formula is C13H23NO. The standard InChI is InChI=1S/C9H12.C2H5NO.C2H6/c1-3-9-6-4-8(2)5-7-9;1-3-2-4;1-2/h4-7H,3H2,1-2H3;2H,1H3,(H,3,4);1-2H3. The first kappa shape index (κ1) is 16.1. The zero-order chi connectivity index (χ0) is 12.1. The van der Waals surface area contributed by atoms with Crippen molar-refractivity contribution in [3.05, 3.63) is 35.4 Å². The Labute approximate surface area is 93.7 Å². The fourth-order valence-electron chi connectivity index (χ4n) is 0.824. The maximum atomic E-state index is 9.06. The molecule has 1 amide bonds. The van der Waals surface area contributed by atoms with E-state index in [0.29, 0.717) is 6.41 Å². The van der Waals surface area contributed by atoms with E-state index < -0.39 is 0 Å². The lowest BCUT2D eigenvalue weighted by molar-refractivity contribution is -0.109. The van der Waals surface area contributed by atoms with Crippen LogP contribution in [0.25, 0.3) is 0 Å². The summed E-state index contributed by atoms with van der Waals surface area (Å²) in [4.78, 5) is 9.06. The molecule has 1 aromatic rings. The summed E-state index contributed by atoms with van der Waals surface area (Å²) in [7, 11) is 1.56. The Balaban J connectivity index is 0. The van der Waals surface area contributed by atoms with E-state index in [4.69, 9.17) is 4.79 Å². The summed E-state index contributed by atoms with van der Waals surface area (Å²) in [6.45, 7) is 8.28. The molecule has 0 aliphatic heterocycles. The highest BCUT2D eigenvalue weighted by Crippen LogP contribution is 2.02. The highest BCUT2D eigenvalue weighted by Gasteiger charge is 1.84. The van der Waals surface area contributed by atoms with Crippen LogP contribution in [0.4, 0.5) is 0 Å². The van der Waals surface area contributed by atoms with Crippen molar-refractivity contribution < 1.29 is 4.79 Å². The lowest BCUT2D eigenvalue weighted by Gasteiger charge is -1.94. The summed E-state index contributed by atoms with van der Waals surface area (Å²) in [5.41, 5.74) is 2.76. The van der Waals surface area contributed by atoms with Crippen LogP contribution in [0.15, 0.2) is 24.3 Å². The normalized spacial score (nSPS) is 7.53. The molecule has 1 rings (SSSR count). The quantitative estimate of drug-likeness (QED) is 0.745. The zero-order valence-corrected chi connectivity index (χ0v) is 10.5. The van der Waals surface area contributed by atoms with Crippen molar-refractivity contribution >= 4 is 6.41 Å². The molecular weight excluding hydrogens is 186 g/mol. The minimum absolute atomic E-state index is 0.625. The third kappa shape index (κ3) is 10.6. The molecule has 0 bridgehead atoms. The van der Waals surface area contributed by atoms with Crippen molar-refractivity contribution in [2.75, 3.05) is 7.05 Å². The van der Waals surface area contributed by atoms with Gasteiger partial charge in [-0.15, -0.1) is 0 Å². The molecule has 0 aromatic heterocycles. The van der Waals surface area contributed by atoms with Crippen LogP contribution in [0, 0.1) is 6.92 Å². The van der Waals surface area contributed by atoms with Gasteiger partial charge in [-0.3, -0.25) is 4.79 Å². The second kappa shape index (κ2) is 12.7. The lowest BCUT2D eigenvalue weighted by atomic mass is 10.1. The summed E-state index contributed by atoms with van der Waals surface area (Å²) in [6, 6.07) is 8.66. The molecule has 0 aliphatic carbocycles. The van der Waals surface area contributed by atoms with Crippen LogP contribution in [0.1, 0.15) is 31.9 Å². The van der Waals surface area contributed by atoms with E-state index >= 15 is 0 Å². The molecule has 2 nitrogen and oxygen atoms in total. The minimum atomic E-state index is 0.625. The van der Waals surface area contributed by atoms with E-state index in [0.717, 1.165) is 6.42 Å². The number of carbonyl (C=O) groups is 1. The Morgan fingerprint density at radius 1 is 1.20 bits per heavy atom. The van der Waals surface area contributed by atoms with Gasteiger partial charge in [-0.1, -0.05) is 50.6 Å². The van der Waals surface area contributed by atoms with Crippen LogP contribution < -0.4 is 5.32 Å². The molecule has 0 saturated heterocycles. The highest BCUT2D eigenvalue weighted by molar-refractivity contribution is 5.44. The molecule has 0 unspecified atom stereocenters. The van der Waals surface area contributed by atoms with Crippen LogP contribution in [-0.4, -0.2) is 13.5 Å². The summed E-state index contributed by atoms with van der Waals surface area (Å²) >= 11 is 0. The zero-order valence-electron chi connectivity index (χ0n) is 10.5. The van der Waals surface area contributed by atoms with Gasteiger partial charge in [0.2, 0.25) is 6.41 Å². The Kier molecular flexibility index (Phi) is 13.6. The summed E-state index contributed by atoms with van der Waals surface area (Å²) in [5, 5.41) is 2.25. The van der Waals surface area contributed by atoms with Crippen molar-refractivity contribution in [3.63, 3.8) is 0 Å². The molecule has 0 atom stereocenters. The number of aryl methyl sites for hydroxylation is 2. The van der Waals surface area contributed by atoms with E-state index in [1.807, 2.05) is 13.8 Å². The average Bonchev–Trinajstić information content (AvgIpc) is 2.33. The Hall–Kier alpha value is -1.31. The van der Waals surface area contributed by atoms with E-state index in [1.54, 1.807) is 7.05 Å². The average molecular weight is 209 g/mol. The van der Waals surface area contributed by atoms with E-state index in [1.165, 1.54) is 11.1 Å². The van der Waals surface area contributed by atoms with Gasteiger partial charge < -0.3 is 5.32 Å². The highest BCUT2D eigenvalue weighted by atomic mass is 16.1. The van der Waals surface area contributed by atoms with Crippen molar-refractivity contribution in [1.29, 1.82) is 0 Å². The summed E-state index contributed by atoms with van der Waals surface area (Å²) in [6.07, 6.45) is 1.76. The monoisotopic (exact) mass is 209 g/mol. The molecule has 2 heteroatoms. The van der Waals surface area contributed by atoms with Gasteiger partial charge in [0.15, 0.2) is 0 Å². The molecule has 0 heterocycles. The summed E-state index contributed by atoms with van der Waals surface area (Å²) in [5.74, 6) is 0. The molecule has 0 radical (unpaired) electrons. The fourth-order valence-corrected chi connectivity index (χ4v) is 0.824. The number of hydrogen-bond donors (Lipinski definition) is 1. The first-order chi connectivity index (χ1) is 7.24. The molecule has 0 spiro atoms. The predicted octanol–water partition coefficient (Wildman–Crippen LogP) is 2.95. The van der Waals surface area contributed by atoms with E-state index in [9.17, 15) is 0 Å². The second-order valence-electron chi connectivity index (χ2n) is 2.75. The molecule has 0 saturated carbocycles. The van der Waals surface area contributed by atoms with E-state index in [-0.39, 0.29) is 0 Å². The molecule has 1 aromatic carbocycles. The third-order valence-electron chi connectivity index (χ3n) is 1.65. The number of hydrogen-bond acceptors (Lipinski definition) is 1. The van der Waals surface area contributed by atoms with Crippen LogP contribution >= 0.6 is 0 Å². The largest absolute Gasteiger partial charge is 0.362 e. The lowest BCUT2D eigenvalue weighted by Crippen LogP contribution is -1.98. The first-order valence-electron chi connectivity index (χ1n) is 5.41. The predicted molar refractivity (Wildman–Crippen MR) is 67.0 cm³/mol. The third-order valence-corrected chi connectivity index (χ3v) is 1.65. The number of benzene rings is 1. The van der Waals surface area contributed by atoms with Gasteiger partial charge in [0.1, 0.15) is 0 Å². The number of rotatable bonds is 2. The van der Waals surface area contributed by atoms with Gasteiger partial charge in [0.05, 0.1) is 0 Å². The van der Waals surface area contributed by atoms with Gasteiger partial charge in [-0.2, -0.15) is 0 Å². The SMILES string of the molecule is CC.CCc1ccc(C)cc1.CNC=O.